The number of nitrogens with zero attached hydrogens (tertiary/aromatic N) is 2. The van der Waals surface area contributed by atoms with Gasteiger partial charge in [0.25, 0.3) is 5.56 Å². The van der Waals surface area contributed by atoms with E-state index in [0.717, 1.165) is 0 Å². The molecule has 0 aliphatic heterocycles. The van der Waals surface area contributed by atoms with Gasteiger partial charge in [0.1, 0.15) is 23.3 Å². The molecular formula is C11H6F3N5O. The van der Waals surface area contributed by atoms with Crippen molar-refractivity contribution in [2.45, 2.75) is 0 Å². The molecule has 0 unspecified atom stereocenters. The van der Waals surface area contributed by atoms with Crippen LogP contribution in [0.1, 0.15) is 0 Å². The van der Waals surface area contributed by atoms with E-state index in [9.17, 15) is 18.0 Å². The Hall–Kier alpha value is -2.84. The lowest BCUT2D eigenvalue weighted by atomic mass is 10.2. The molecule has 0 amide bonds. The fraction of sp³-hybridized carbons (Fsp3) is 0. The third kappa shape index (κ3) is 1.79. The van der Waals surface area contributed by atoms with E-state index in [0.29, 0.717) is 12.1 Å². The van der Waals surface area contributed by atoms with Crippen molar-refractivity contribution in [3.8, 4) is 11.4 Å². The highest BCUT2D eigenvalue weighted by atomic mass is 19.1. The molecule has 9 heteroatoms. The number of nitrogen functional groups attached to an aromatic ring is 1. The molecule has 3 aromatic rings. The molecule has 0 saturated heterocycles. The summed E-state index contributed by atoms with van der Waals surface area (Å²) in [7, 11) is 0. The molecule has 4 N–H and O–H groups in total. The van der Waals surface area contributed by atoms with Crippen molar-refractivity contribution in [3.63, 3.8) is 0 Å². The number of H-pyrrole nitrogens is 2. The Kier molecular flexibility index (Phi) is 2.49. The fourth-order valence-corrected chi connectivity index (χ4v) is 1.81. The number of nitrogens with one attached hydrogen (secondary N) is 2. The molecule has 3 rings (SSSR count). The Morgan fingerprint density at radius 1 is 1.05 bits per heavy atom. The number of fused-ring (bicyclic) bond motifs is 1. The Labute approximate surface area is 108 Å². The molecule has 0 aliphatic carbocycles. The number of hydrogen-bond donors (Lipinski definition) is 3. The predicted molar refractivity (Wildman–Crippen MR) is 64.2 cm³/mol. The summed E-state index contributed by atoms with van der Waals surface area (Å²) in [4.78, 5) is 23.7. The van der Waals surface area contributed by atoms with Crippen LogP contribution in [0.3, 0.4) is 0 Å². The van der Waals surface area contributed by atoms with E-state index in [-0.39, 0.29) is 22.9 Å². The predicted octanol–water partition coefficient (Wildman–Crippen LogP) is 1.31. The van der Waals surface area contributed by atoms with Crippen molar-refractivity contribution in [1.29, 1.82) is 0 Å². The summed E-state index contributed by atoms with van der Waals surface area (Å²) in [5, 5.41) is 0. The summed E-state index contributed by atoms with van der Waals surface area (Å²) in [6, 6.07) is 1.02. The Morgan fingerprint density at radius 3 is 2.35 bits per heavy atom. The van der Waals surface area contributed by atoms with Gasteiger partial charge in [0.05, 0.1) is 5.56 Å². The number of halogens is 3. The summed E-state index contributed by atoms with van der Waals surface area (Å²) in [5.41, 5.74) is 3.94. The largest absolute Gasteiger partial charge is 0.369 e. The molecular weight excluding hydrogens is 275 g/mol. The van der Waals surface area contributed by atoms with E-state index >= 15 is 0 Å². The molecule has 0 atom stereocenters. The van der Waals surface area contributed by atoms with E-state index in [4.69, 9.17) is 5.73 Å². The van der Waals surface area contributed by atoms with E-state index in [1.165, 1.54) is 0 Å². The van der Waals surface area contributed by atoms with Gasteiger partial charge in [-0.3, -0.25) is 9.78 Å². The lowest BCUT2D eigenvalue weighted by Crippen LogP contribution is -2.10. The number of anilines is 1. The van der Waals surface area contributed by atoms with Crippen molar-refractivity contribution >= 4 is 17.1 Å². The SMILES string of the molecule is Nc1nc2nc(-c3c(F)cc(F)cc3F)[nH]c2c(=O)[nH]1. The highest BCUT2D eigenvalue weighted by Gasteiger charge is 2.18. The van der Waals surface area contributed by atoms with Gasteiger partial charge in [-0.05, 0) is 0 Å². The molecule has 20 heavy (non-hydrogen) atoms. The Morgan fingerprint density at radius 2 is 1.70 bits per heavy atom. The highest BCUT2D eigenvalue weighted by Crippen LogP contribution is 2.25. The standard InChI is InChI=1S/C11H6F3N5O/c12-3-1-4(13)6(5(14)2-3)8-16-7-9(17-8)18-11(15)19-10(7)20/h1-2H,(H4,15,16,17,18,19,20). The third-order valence-corrected chi connectivity index (χ3v) is 2.62. The van der Waals surface area contributed by atoms with Gasteiger partial charge in [-0.2, -0.15) is 4.98 Å². The first-order chi connectivity index (χ1) is 9.45. The molecule has 2 aromatic heterocycles. The van der Waals surface area contributed by atoms with Crippen LogP contribution >= 0.6 is 0 Å². The van der Waals surface area contributed by atoms with Crippen LogP contribution in [-0.2, 0) is 0 Å². The fourth-order valence-electron chi connectivity index (χ4n) is 1.81. The van der Waals surface area contributed by atoms with E-state index in [2.05, 4.69) is 19.9 Å². The first-order valence-corrected chi connectivity index (χ1v) is 5.36. The second-order valence-corrected chi connectivity index (χ2v) is 3.98. The molecule has 0 aliphatic rings. The number of aromatic amines is 2. The molecule has 6 nitrogen and oxygen atoms in total. The summed E-state index contributed by atoms with van der Waals surface area (Å²) >= 11 is 0. The molecule has 102 valence electrons. The van der Waals surface area contributed by atoms with Crippen LogP contribution in [0, 0.1) is 17.5 Å². The van der Waals surface area contributed by atoms with Crippen LogP contribution in [0.5, 0.6) is 0 Å². The minimum atomic E-state index is -1.15. The van der Waals surface area contributed by atoms with Gasteiger partial charge in [-0.1, -0.05) is 0 Å². The average Bonchev–Trinajstić information content (AvgIpc) is 2.71. The topological polar surface area (TPSA) is 100 Å². The van der Waals surface area contributed by atoms with Gasteiger partial charge in [-0.25, -0.2) is 18.2 Å². The van der Waals surface area contributed by atoms with Crippen molar-refractivity contribution < 1.29 is 13.2 Å². The number of imidazole rings is 1. The number of benzene rings is 1. The second kappa shape index (κ2) is 4.08. The first-order valence-electron chi connectivity index (χ1n) is 5.36. The monoisotopic (exact) mass is 281 g/mol. The zero-order valence-electron chi connectivity index (χ0n) is 9.67. The number of nitrogens with two attached hydrogens (primary N) is 1. The van der Waals surface area contributed by atoms with Gasteiger partial charge in [0.2, 0.25) is 5.95 Å². The van der Waals surface area contributed by atoms with E-state index in [1.807, 2.05) is 0 Å². The zero-order chi connectivity index (χ0) is 14.4. The smallest absolute Gasteiger partial charge is 0.278 e. The van der Waals surface area contributed by atoms with Crippen LogP contribution in [0.25, 0.3) is 22.6 Å². The lowest BCUT2D eigenvalue weighted by Gasteiger charge is -2.01. The maximum atomic E-state index is 13.6. The van der Waals surface area contributed by atoms with Crippen molar-refractivity contribution in [2.24, 2.45) is 0 Å². The normalized spacial score (nSPS) is 11.2. The maximum absolute atomic E-state index is 13.6. The summed E-state index contributed by atoms with van der Waals surface area (Å²) in [5.74, 6) is -3.81. The van der Waals surface area contributed by atoms with Crippen LogP contribution in [0.2, 0.25) is 0 Å². The molecule has 0 saturated carbocycles. The Balaban J connectivity index is 2.31. The van der Waals surface area contributed by atoms with E-state index < -0.39 is 28.6 Å². The number of aromatic nitrogens is 4. The van der Waals surface area contributed by atoms with Gasteiger partial charge < -0.3 is 10.7 Å². The molecule has 2 heterocycles. The third-order valence-electron chi connectivity index (χ3n) is 2.62. The summed E-state index contributed by atoms with van der Waals surface area (Å²) in [6.07, 6.45) is 0. The Bertz CT molecular complexity index is 862. The lowest BCUT2D eigenvalue weighted by molar-refractivity contribution is 0.547. The maximum Gasteiger partial charge on any atom is 0.278 e. The molecule has 1 aromatic carbocycles. The molecule has 0 spiro atoms. The quantitative estimate of drug-likeness (QED) is 0.626. The van der Waals surface area contributed by atoms with Gasteiger partial charge in [0, 0.05) is 12.1 Å². The number of hydrogen-bond acceptors (Lipinski definition) is 4. The summed E-state index contributed by atoms with van der Waals surface area (Å²) < 4.78 is 40.1. The number of rotatable bonds is 1. The summed E-state index contributed by atoms with van der Waals surface area (Å²) in [6.45, 7) is 0. The van der Waals surface area contributed by atoms with Crippen molar-refractivity contribution in [1.82, 2.24) is 19.9 Å². The van der Waals surface area contributed by atoms with Gasteiger partial charge >= 0.3 is 0 Å². The highest BCUT2D eigenvalue weighted by molar-refractivity contribution is 5.76. The average molecular weight is 281 g/mol. The zero-order valence-corrected chi connectivity index (χ0v) is 9.67. The minimum absolute atomic E-state index is 0.0858. The van der Waals surface area contributed by atoms with Crippen molar-refractivity contribution in [2.75, 3.05) is 5.73 Å². The van der Waals surface area contributed by atoms with Crippen LogP contribution in [0.15, 0.2) is 16.9 Å². The van der Waals surface area contributed by atoms with Gasteiger partial charge in [-0.15, -0.1) is 0 Å². The van der Waals surface area contributed by atoms with Crippen LogP contribution in [-0.4, -0.2) is 19.9 Å². The first kappa shape index (κ1) is 12.2. The van der Waals surface area contributed by atoms with Crippen molar-refractivity contribution in [3.05, 3.63) is 39.9 Å². The van der Waals surface area contributed by atoms with Crippen LogP contribution < -0.4 is 11.3 Å². The molecule has 0 radical (unpaired) electrons. The minimum Gasteiger partial charge on any atom is -0.369 e. The molecule has 0 bridgehead atoms. The van der Waals surface area contributed by atoms with E-state index in [1.54, 1.807) is 0 Å². The van der Waals surface area contributed by atoms with Gasteiger partial charge in [0.15, 0.2) is 11.2 Å². The second-order valence-electron chi connectivity index (χ2n) is 3.98. The van der Waals surface area contributed by atoms with Crippen LogP contribution in [0.4, 0.5) is 19.1 Å². The molecule has 0 fully saturated rings.